The maximum Gasteiger partial charge on any atom is 0.325 e. The SMILES string of the molecule is Cc1cccn2c(=O)cc(CN3C(=O)NC(C)(c4cccs4)C3=O)nc12. The third kappa shape index (κ3) is 2.41. The van der Waals surface area contributed by atoms with Gasteiger partial charge in [0.25, 0.3) is 11.5 Å². The van der Waals surface area contributed by atoms with E-state index in [4.69, 9.17) is 0 Å². The van der Waals surface area contributed by atoms with Crippen molar-refractivity contribution in [2.24, 2.45) is 0 Å². The van der Waals surface area contributed by atoms with E-state index in [1.54, 1.807) is 19.2 Å². The molecule has 0 aromatic carbocycles. The Hall–Kier alpha value is -3.00. The first-order chi connectivity index (χ1) is 12.4. The van der Waals surface area contributed by atoms with Crippen LogP contribution in [-0.4, -0.2) is 26.2 Å². The Labute approximate surface area is 152 Å². The van der Waals surface area contributed by atoms with Gasteiger partial charge in [0.1, 0.15) is 5.65 Å². The second-order valence-electron chi connectivity index (χ2n) is 6.39. The molecule has 0 spiro atoms. The number of rotatable bonds is 3. The summed E-state index contributed by atoms with van der Waals surface area (Å²) in [7, 11) is 0. The summed E-state index contributed by atoms with van der Waals surface area (Å²) in [5.41, 5.74) is 0.396. The summed E-state index contributed by atoms with van der Waals surface area (Å²) in [4.78, 5) is 44.0. The number of nitrogens with one attached hydrogen (secondary N) is 1. The van der Waals surface area contributed by atoms with Crippen molar-refractivity contribution in [1.82, 2.24) is 19.6 Å². The van der Waals surface area contributed by atoms with Crippen LogP contribution >= 0.6 is 11.3 Å². The highest BCUT2D eigenvalue weighted by Gasteiger charge is 2.49. The minimum Gasteiger partial charge on any atom is -0.319 e. The number of aromatic nitrogens is 2. The molecule has 1 unspecified atom stereocenters. The van der Waals surface area contributed by atoms with Crippen molar-refractivity contribution in [3.63, 3.8) is 0 Å². The molecule has 1 N–H and O–H groups in total. The molecule has 1 fully saturated rings. The Balaban J connectivity index is 1.71. The van der Waals surface area contributed by atoms with Crippen LogP contribution in [0.2, 0.25) is 0 Å². The predicted molar refractivity (Wildman–Crippen MR) is 97.0 cm³/mol. The van der Waals surface area contributed by atoms with Crippen LogP contribution in [0.4, 0.5) is 4.79 Å². The number of carbonyl (C=O) groups is 2. The molecule has 1 aliphatic heterocycles. The van der Waals surface area contributed by atoms with Crippen molar-refractivity contribution < 1.29 is 9.59 Å². The Morgan fingerprint density at radius 1 is 1.23 bits per heavy atom. The van der Waals surface area contributed by atoms with E-state index in [9.17, 15) is 14.4 Å². The summed E-state index contributed by atoms with van der Waals surface area (Å²) in [5, 5.41) is 4.61. The van der Waals surface area contributed by atoms with Gasteiger partial charge < -0.3 is 5.32 Å². The normalized spacial score (nSPS) is 20.0. The van der Waals surface area contributed by atoms with E-state index in [1.165, 1.54) is 21.8 Å². The molecule has 7 nitrogen and oxygen atoms in total. The average molecular weight is 368 g/mol. The Bertz CT molecular complexity index is 1090. The fourth-order valence-electron chi connectivity index (χ4n) is 3.12. The molecule has 4 rings (SSSR count). The summed E-state index contributed by atoms with van der Waals surface area (Å²) < 4.78 is 1.44. The second kappa shape index (κ2) is 5.77. The lowest BCUT2D eigenvalue weighted by Crippen LogP contribution is -2.40. The molecule has 3 aromatic rings. The number of nitrogens with zero attached hydrogens (tertiary/aromatic N) is 3. The Kier molecular flexibility index (Phi) is 3.66. The largest absolute Gasteiger partial charge is 0.325 e. The zero-order valence-electron chi connectivity index (χ0n) is 14.2. The van der Waals surface area contributed by atoms with Gasteiger partial charge in [-0.15, -0.1) is 11.3 Å². The zero-order chi connectivity index (χ0) is 18.5. The standard InChI is InChI=1S/C18H16N4O3S/c1-11-5-3-7-21-14(23)9-12(19-15(11)21)10-22-16(24)18(2,20-17(22)25)13-6-4-8-26-13/h3-9H,10H2,1-2H3,(H,20,25). The highest BCUT2D eigenvalue weighted by atomic mass is 32.1. The highest BCUT2D eigenvalue weighted by molar-refractivity contribution is 7.10. The topological polar surface area (TPSA) is 83.8 Å². The van der Waals surface area contributed by atoms with Gasteiger partial charge in [-0.1, -0.05) is 12.1 Å². The van der Waals surface area contributed by atoms with Crippen LogP contribution in [0.1, 0.15) is 23.1 Å². The number of hydrogen-bond donors (Lipinski definition) is 1. The number of imide groups is 1. The van der Waals surface area contributed by atoms with Gasteiger partial charge in [0, 0.05) is 17.1 Å². The zero-order valence-corrected chi connectivity index (χ0v) is 15.0. The minimum absolute atomic E-state index is 0.0499. The number of fused-ring (bicyclic) bond motifs is 1. The first-order valence-electron chi connectivity index (χ1n) is 8.06. The van der Waals surface area contributed by atoms with E-state index in [0.29, 0.717) is 11.3 Å². The number of aryl methyl sites for hydroxylation is 1. The summed E-state index contributed by atoms with van der Waals surface area (Å²) in [6.07, 6.45) is 1.64. The van der Waals surface area contributed by atoms with E-state index < -0.39 is 11.6 Å². The fraction of sp³-hybridized carbons (Fsp3) is 0.222. The third-order valence-corrected chi connectivity index (χ3v) is 5.64. The number of urea groups is 1. The van der Waals surface area contributed by atoms with Gasteiger partial charge in [-0.25, -0.2) is 9.78 Å². The Morgan fingerprint density at radius 2 is 2.04 bits per heavy atom. The molecule has 0 aliphatic carbocycles. The molecule has 0 saturated carbocycles. The van der Waals surface area contributed by atoms with E-state index in [-0.39, 0.29) is 18.0 Å². The van der Waals surface area contributed by atoms with Crippen LogP contribution in [0.5, 0.6) is 0 Å². The Morgan fingerprint density at radius 3 is 2.77 bits per heavy atom. The van der Waals surface area contributed by atoms with E-state index in [2.05, 4.69) is 10.3 Å². The molecule has 3 aromatic heterocycles. The predicted octanol–water partition coefficient (Wildman–Crippen LogP) is 2.03. The fourth-order valence-corrected chi connectivity index (χ4v) is 3.96. The number of hydrogen-bond acceptors (Lipinski definition) is 5. The van der Waals surface area contributed by atoms with Gasteiger partial charge in [-0.3, -0.25) is 18.9 Å². The number of pyridine rings is 1. The average Bonchev–Trinajstić information content (AvgIpc) is 3.21. The van der Waals surface area contributed by atoms with Crippen LogP contribution in [0.3, 0.4) is 0 Å². The second-order valence-corrected chi connectivity index (χ2v) is 7.34. The van der Waals surface area contributed by atoms with Gasteiger partial charge in [0.2, 0.25) is 0 Å². The highest BCUT2D eigenvalue weighted by Crippen LogP contribution is 2.32. The van der Waals surface area contributed by atoms with Crippen molar-refractivity contribution in [2.75, 3.05) is 0 Å². The van der Waals surface area contributed by atoms with Crippen molar-refractivity contribution in [3.05, 3.63) is 68.4 Å². The van der Waals surface area contributed by atoms with Crippen molar-refractivity contribution >= 4 is 28.9 Å². The van der Waals surface area contributed by atoms with Gasteiger partial charge in [-0.05, 0) is 36.9 Å². The molecule has 0 radical (unpaired) electrons. The van der Waals surface area contributed by atoms with Crippen molar-refractivity contribution in [2.45, 2.75) is 25.9 Å². The number of thiophene rings is 1. The lowest BCUT2D eigenvalue weighted by Gasteiger charge is -2.20. The third-order valence-electron chi connectivity index (χ3n) is 4.55. The summed E-state index contributed by atoms with van der Waals surface area (Å²) in [6.45, 7) is 3.49. The van der Waals surface area contributed by atoms with Crippen LogP contribution in [0, 0.1) is 6.92 Å². The molecule has 1 atom stereocenters. The molecule has 0 bridgehead atoms. The van der Waals surface area contributed by atoms with Gasteiger partial charge in [0.15, 0.2) is 5.54 Å². The molecular weight excluding hydrogens is 352 g/mol. The maximum absolute atomic E-state index is 12.9. The molecule has 132 valence electrons. The maximum atomic E-state index is 12.9. The lowest BCUT2D eigenvalue weighted by molar-refractivity contribution is -0.131. The number of amides is 3. The van der Waals surface area contributed by atoms with Crippen LogP contribution in [-0.2, 0) is 16.9 Å². The van der Waals surface area contributed by atoms with Crippen LogP contribution in [0.25, 0.3) is 5.65 Å². The van der Waals surface area contributed by atoms with Crippen molar-refractivity contribution in [3.8, 4) is 0 Å². The quantitative estimate of drug-likeness (QED) is 0.717. The first-order valence-corrected chi connectivity index (χ1v) is 8.94. The molecule has 26 heavy (non-hydrogen) atoms. The van der Waals surface area contributed by atoms with Crippen molar-refractivity contribution in [1.29, 1.82) is 0 Å². The first kappa shape index (κ1) is 16.5. The van der Waals surface area contributed by atoms with E-state index in [1.807, 2.05) is 30.5 Å². The van der Waals surface area contributed by atoms with Crippen LogP contribution in [0.15, 0.2) is 46.7 Å². The van der Waals surface area contributed by atoms with E-state index in [0.717, 1.165) is 15.3 Å². The molecule has 8 heteroatoms. The number of carbonyl (C=O) groups excluding carboxylic acids is 2. The smallest absolute Gasteiger partial charge is 0.319 e. The lowest BCUT2D eigenvalue weighted by atomic mass is 10.0. The van der Waals surface area contributed by atoms with Gasteiger partial charge in [0.05, 0.1) is 12.2 Å². The summed E-state index contributed by atoms with van der Waals surface area (Å²) in [6, 6.07) is 8.14. The van der Waals surface area contributed by atoms with Gasteiger partial charge >= 0.3 is 6.03 Å². The van der Waals surface area contributed by atoms with Gasteiger partial charge in [-0.2, -0.15) is 0 Å². The molecule has 4 heterocycles. The summed E-state index contributed by atoms with van der Waals surface area (Å²) in [5.74, 6) is -0.350. The minimum atomic E-state index is -1.09. The monoisotopic (exact) mass is 368 g/mol. The molecule has 1 aliphatic rings. The van der Waals surface area contributed by atoms with E-state index >= 15 is 0 Å². The van der Waals surface area contributed by atoms with Crippen LogP contribution < -0.4 is 10.9 Å². The molecule has 1 saturated heterocycles. The molecule has 3 amide bonds. The summed E-state index contributed by atoms with van der Waals surface area (Å²) >= 11 is 1.41. The molecular formula is C18H16N4O3S.